The monoisotopic (exact) mass is 308 g/mol. The third-order valence-corrected chi connectivity index (χ3v) is 3.37. The Kier molecular flexibility index (Phi) is 3.16. The average Bonchev–Trinajstić information content (AvgIpc) is 3.21. The molecule has 1 aromatic carbocycles. The van der Waals surface area contributed by atoms with E-state index in [2.05, 4.69) is 15.4 Å². The van der Waals surface area contributed by atoms with Crippen LogP contribution in [0, 0.1) is 0 Å². The number of anilines is 1. The van der Waals surface area contributed by atoms with Crippen molar-refractivity contribution in [1.29, 1.82) is 0 Å². The maximum atomic E-state index is 12.1. The lowest BCUT2D eigenvalue weighted by Crippen LogP contribution is -2.11. The fraction of sp³-hybridized carbons (Fsp3) is 0.0625. The van der Waals surface area contributed by atoms with Gasteiger partial charge in [-0.1, -0.05) is 6.07 Å². The van der Waals surface area contributed by atoms with Crippen molar-refractivity contribution in [3.63, 3.8) is 0 Å². The molecule has 0 radical (unpaired) electrons. The fourth-order valence-electron chi connectivity index (χ4n) is 2.29. The van der Waals surface area contributed by atoms with E-state index in [1.54, 1.807) is 35.1 Å². The molecule has 0 saturated heterocycles. The molecule has 3 heterocycles. The van der Waals surface area contributed by atoms with Crippen LogP contribution in [-0.2, 0) is 4.79 Å². The summed E-state index contributed by atoms with van der Waals surface area (Å²) in [7, 11) is 0. The van der Waals surface area contributed by atoms with Crippen LogP contribution in [0.5, 0.6) is 11.5 Å². The Balaban J connectivity index is 1.50. The van der Waals surface area contributed by atoms with Crippen LogP contribution in [0.1, 0.15) is 5.56 Å². The Morgan fingerprint density at radius 1 is 1.17 bits per heavy atom. The normalized spacial score (nSPS) is 12.9. The van der Waals surface area contributed by atoms with Crippen molar-refractivity contribution in [2.75, 3.05) is 12.1 Å². The number of aromatic nitrogens is 3. The zero-order valence-electron chi connectivity index (χ0n) is 12.0. The molecule has 4 rings (SSSR count). The van der Waals surface area contributed by atoms with Crippen LogP contribution in [0.25, 0.3) is 11.7 Å². The lowest BCUT2D eigenvalue weighted by atomic mass is 10.2. The molecule has 0 unspecified atom stereocenters. The van der Waals surface area contributed by atoms with Crippen LogP contribution in [0.3, 0.4) is 0 Å². The Morgan fingerprint density at radius 2 is 2.09 bits per heavy atom. The molecule has 2 aromatic heterocycles. The second-order valence-electron chi connectivity index (χ2n) is 4.87. The topological polar surface area (TPSA) is 77.8 Å². The maximum absolute atomic E-state index is 12.1. The number of carbonyl (C=O) groups is 1. The van der Waals surface area contributed by atoms with Gasteiger partial charge in [0.2, 0.25) is 12.7 Å². The molecule has 7 heteroatoms. The number of amides is 1. The Morgan fingerprint density at radius 3 is 3.04 bits per heavy atom. The standard InChI is InChI=1S/C16H12N4O3/c21-16(19-15-5-7-17-14-6-8-18-20(14)15)4-2-11-1-3-12-13(9-11)23-10-22-12/h1-9H,10H2,(H,19,21). The van der Waals surface area contributed by atoms with Gasteiger partial charge in [0.15, 0.2) is 17.1 Å². The minimum Gasteiger partial charge on any atom is -0.454 e. The van der Waals surface area contributed by atoms with E-state index in [-0.39, 0.29) is 12.7 Å². The van der Waals surface area contributed by atoms with Crippen molar-refractivity contribution in [1.82, 2.24) is 14.6 Å². The van der Waals surface area contributed by atoms with Crippen molar-refractivity contribution < 1.29 is 14.3 Å². The van der Waals surface area contributed by atoms with Gasteiger partial charge in [-0.05, 0) is 29.8 Å². The van der Waals surface area contributed by atoms with Crippen LogP contribution in [0.2, 0.25) is 0 Å². The van der Waals surface area contributed by atoms with Gasteiger partial charge in [0.05, 0.1) is 6.20 Å². The summed E-state index contributed by atoms with van der Waals surface area (Å²) in [5.74, 6) is 1.69. The van der Waals surface area contributed by atoms with Crippen LogP contribution in [0.15, 0.2) is 48.8 Å². The van der Waals surface area contributed by atoms with Crippen LogP contribution < -0.4 is 14.8 Å². The molecule has 0 atom stereocenters. The first kappa shape index (κ1) is 13.3. The Hall–Kier alpha value is -3.35. The summed E-state index contributed by atoms with van der Waals surface area (Å²) >= 11 is 0. The van der Waals surface area contributed by atoms with Crippen molar-refractivity contribution >= 4 is 23.4 Å². The quantitative estimate of drug-likeness (QED) is 0.750. The molecule has 1 aliphatic rings. The summed E-state index contributed by atoms with van der Waals surface area (Å²) in [5, 5.41) is 6.89. The zero-order chi connectivity index (χ0) is 15.6. The summed E-state index contributed by atoms with van der Waals surface area (Å²) in [4.78, 5) is 16.2. The summed E-state index contributed by atoms with van der Waals surface area (Å²) in [6.07, 6.45) is 6.40. The number of rotatable bonds is 3. The van der Waals surface area contributed by atoms with Gasteiger partial charge in [-0.25, -0.2) is 4.98 Å². The molecule has 0 fully saturated rings. The molecule has 1 N–H and O–H groups in total. The second-order valence-corrected chi connectivity index (χ2v) is 4.87. The molecule has 0 bridgehead atoms. The SMILES string of the molecule is O=C(C=Cc1ccc2c(c1)OCO2)Nc1ccnc2ccnn12. The van der Waals surface area contributed by atoms with Crippen molar-refractivity contribution in [3.05, 3.63) is 54.4 Å². The lowest BCUT2D eigenvalue weighted by Gasteiger charge is -2.04. The Bertz CT molecular complexity index is 917. The van der Waals surface area contributed by atoms with Gasteiger partial charge in [0, 0.05) is 18.3 Å². The number of benzene rings is 1. The molecule has 1 aliphatic heterocycles. The third-order valence-electron chi connectivity index (χ3n) is 3.37. The molecule has 114 valence electrons. The van der Waals surface area contributed by atoms with Gasteiger partial charge in [-0.15, -0.1) is 0 Å². The number of ether oxygens (including phenoxy) is 2. The highest BCUT2D eigenvalue weighted by Gasteiger charge is 2.12. The number of fused-ring (bicyclic) bond motifs is 2. The maximum Gasteiger partial charge on any atom is 0.249 e. The van der Waals surface area contributed by atoms with Gasteiger partial charge >= 0.3 is 0 Å². The van der Waals surface area contributed by atoms with Gasteiger partial charge in [-0.3, -0.25) is 4.79 Å². The molecular formula is C16H12N4O3. The van der Waals surface area contributed by atoms with E-state index in [0.29, 0.717) is 23.0 Å². The largest absolute Gasteiger partial charge is 0.454 e. The molecular weight excluding hydrogens is 296 g/mol. The lowest BCUT2D eigenvalue weighted by molar-refractivity contribution is -0.111. The highest BCUT2D eigenvalue weighted by molar-refractivity contribution is 6.01. The molecule has 0 saturated carbocycles. The summed E-state index contributed by atoms with van der Waals surface area (Å²) < 4.78 is 12.1. The Labute approximate surface area is 131 Å². The minimum atomic E-state index is -0.259. The molecule has 3 aromatic rings. The predicted octanol–water partition coefficient (Wildman–Crippen LogP) is 2.11. The zero-order valence-corrected chi connectivity index (χ0v) is 12.0. The fourth-order valence-corrected chi connectivity index (χ4v) is 2.29. The van der Waals surface area contributed by atoms with E-state index < -0.39 is 0 Å². The van der Waals surface area contributed by atoms with Gasteiger partial charge in [-0.2, -0.15) is 9.61 Å². The number of carbonyl (C=O) groups excluding carboxylic acids is 1. The summed E-state index contributed by atoms with van der Waals surface area (Å²) in [6.45, 7) is 0.227. The first-order chi connectivity index (χ1) is 11.3. The number of nitrogens with one attached hydrogen (secondary N) is 1. The molecule has 0 spiro atoms. The first-order valence-electron chi connectivity index (χ1n) is 6.97. The van der Waals surface area contributed by atoms with E-state index >= 15 is 0 Å². The van der Waals surface area contributed by atoms with E-state index in [1.807, 2.05) is 18.2 Å². The van der Waals surface area contributed by atoms with Crippen LogP contribution in [0.4, 0.5) is 5.82 Å². The highest BCUT2D eigenvalue weighted by atomic mass is 16.7. The predicted molar refractivity (Wildman–Crippen MR) is 83.2 cm³/mol. The van der Waals surface area contributed by atoms with Crippen LogP contribution in [-0.4, -0.2) is 27.3 Å². The van der Waals surface area contributed by atoms with Crippen LogP contribution >= 0.6 is 0 Å². The van der Waals surface area contributed by atoms with Crippen molar-refractivity contribution in [2.45, 2.75) is 0 Å². The molecule has 0 aliphatic carbocycles. The highest BCUT2D eigenvalue weighted by Crippen LogP contribution is 2.32. The number of hydrogen-bond donors (Lipinski definition) is 1. The smallest absolute Gasteiger partial charge is 0.249 e. The van der Waals surface area contributed by atoms with Gasteiger partial charge < -0.3 is 14.8 Å². The number of nitrogens with zero attached hydrogens (tertiary/aromatic N) is 3. The van der Waals surface area contributed by atoms with E-state index in [1.165, 1.54) is 6.08 Å². The second kappa shape index (κ2) is 5.45. The van der Waals surface area contributed by atoms with Crippen molar-refractivity contribution in [2.24, 2.45) is 0 Å². The average molecular weight is 308 g/mol. The number of hydrogen-bond acceptors (Lipinski definition) is 5. The van der Waals surface area contributed by atoms with E-state index in [9.17, 15) is 4.79 Å². The summed E-state index contributed by atoms with van der Waals surface area (Å²) in [6, 6.07) is 8.94. The molecule has 23 heavy (non-hydrogen) atoms. The van der Waals surface area contributed by atoms with E-state index in [0.717, 1.165) is 5.56 Å². The first-order valence-corrected chi connectivity index (χ1v) is 6.97. The van der Waals surface area contributed by atoms with Gasteiger partial charge in [0.25, 0.3) is 0 Å². The van der Waals surface area contributed by atoms with Gasteiger partial charge in [0.1, 0.15) is 5.82 Å². The molecule has 7 nitrogen and oxygen atoms in total. The van der Waals surface area contributed by atoms with E-state index in [4.69, 9.17) is 9.47 Å². The van der Waals surface area contributed by atoms with Crippen molar-refractivity contribution in [3.8, 4) is 11.5 Å². The third kappa shape index (κ3) is 2.59. The molecule has 1 amide bonds. The summed E-state index contributed by atoms with van der Waals surface area (Å²) in [5.41, 5.74) is 1.52. The minimum absolute atomic E-state index is 0.227.